The molecule has 0 radical (unpaired) electrons. The van der Waals surface area contributed by atoms with Crippen molar-refractivity contribution in [3.63, 3.8) is 0 Å². The second-order valence-corrected chi connectivity index (χ2v) is 7.01. The van der Waals surface area contributed by atoms with E-state index in [1.54, 1.807) is 29.6 Å². The molecule has 0 bridgehead atoms. The normalized spacial score (nSPS) is 18.1. The Labute approximate surface area is 134 Å². The van der Waals surface area contributed by atoms with Crippen LogP contribution >= 0.6 is 23.5 Å². The molecular formula is C16H20N2OS2. The van der Waals surface area contributed by atoms with Gasteiger partial charge in [0.2, 0.25) is 0 Å². The average Bonchev–Trinajstić information content (AvgIpc) is 2.49. The van der Waals surface area contributed by atoms with Gasteiger partial charge in [-0.15, -0.1) is 18.3 Å². The lowest BCUT2D eigenvalue weighted by molar-refractivity contribution is -0.118. The Morgan fingerprint density at radius 3 is 2.71 bits per heavy atom. The summed E-state index contributed by atoms with van der Waals surface area (Å²) in [6, 6.07) is 10.2. The molecular weight excluding hydrogens is 300 g/mol. The molecule has 21 heavy (non-hydrogen) atoms. The van der Waals surface area contributed by atoms with Crippen LogP contribution in [0.3, 0.4) is 0 Å². The standard InChI is InChI=1S/C16H20N2OS2/c1-3-7-13-14(10-12-8-5-4-6-9-12)17-16(18-15(13)19)21-11-20-2/h3-6,8-9,16-17H,1,7,10-11H2,2H3,(H,18,19). The first-order valence-electron chi connectivity index (χ1n) is 6.79. The SMILES string of the molecule is C=CCC1=C(Cc2ccccc2)NC(SCSC)NC1=O. The van der Waals surface area contributed by atoms with Gasteiger partial charge in [0.15, 0.2) is 0 Å². The zero-order chi connectivity index (χ0) is 15.1. The molecule has 0 saturated heterocycles. The molecule has 0 aromatic heterocycles. The van der Waals surface area contributed by atoms with Gasteiger partial charge >= 0.3 is 0 Å². The van der Waals surface area contributed by atoms with Crippen molar-refractivity contribution in [3.05, 3.63) is 59.8 Å². The molecule has 1 amide bonds. The molecule has 0 spiro atoms. The molecule has 1 unspecified atom stereocenters. The van der Waals surface area contributed by atoms with Crippen molar-refractivity contribution in [1.82, 2.24) is 10.6 Å². The Hall–Kier alpha value is -1.33. The zero-order valence-corrected chi connectivity index (χ0v) is 13.7. The lowest BCUT2D eigenvalue weighted by Crippen LogP contribution is -2.49. The number of hydrogen-bond donors (Lipinski definition) is 2. The van der Waals surface area contributed by atoms with Crippen LogP contribution in [0.1, 0.15) is 12.0 Å². The van der Waals surface area contributed by atoms with E-state index in [1.165, 1.54) is 5.56 Å². The smallest absolute Gasteiger partial charge is 0.251 e. The molecule has 1 aliphatic rings. The van der Waals surface area contributed by atoms with Crippen molar-refractivity contribution in [1.29, 1.82) is 0 Å². The van der Waals surface area contributed by atoms with Crippen LogP contribution in [0.5, 0.6) is 0 Å². The van der Waals surface area contributed by atoms with Gasteiger partial charge in [-0.1, -0.05) is 36.4 Å². The van der Waals surface area contributed by atoms with E-state index in [0.29, 0.717) is 6.42 Å². The quantitative estimate of drug-likeness (QED) is 0.598. The number of allylic oxidation sites excluding steroid dienone is 2. The molecule has 1 aromatic rings. The van der Waals surface area contributed by atoms with E-state index in [9.17, 15) is 4.79 Å². The van der Waals surface area contributed by atoms with Gasteiger partial charge in [0.05, 0.1) is 0 Å². The van der Waals surface area contributed by atoms with E-state index in [0.717, 1.165) is 22.8 Å². The van der Waals surface area contributed by atoms with Crippen molar-refractivity contribution in [2.75, 3.05) is 11.3 Å². The lowest BCUT2D eigenvalue weighted by Gasteiger charge is -2.29. The zero-order valence-electron chi connectivity index (χ0n) is 12.1. The van der Waals surface area contributed by atoms with Gasteiger partial charge < -0.3 is 10.6 Å². The summed E-state index contributed by atoms with van der Waals surface area (Å²) in [7, 11) is 0. The topological polar surface area (TPSA) is 41.1 Å². The fraction of sp³-hybridized carbons (Fsp3) is 0.312. The Kier molecular flexibility index (Phi) is 6.26. The minimum absolute atomic E-state index is 0.0122. The van der Waals surface area contributed by atoms with Gasteiger partial charge in [-0.2, -0.15) is 11.8 Å². The third-order valence-corrected chi connectivity index (χ3v) is 5.19. The van der Waals surface area contributed by atoms with E-state index in [1.807, 2.05) is 18.2 Å². The molecule has 0 fully saturated rings. The number of rotatable bonds is 7. The summed E-state index contributed by atoms with van der Waals surface area (Å²) >= 11 is 3.45. The minimum Gasteiger partial charge on any atom is -0.359 e. The molecule has 5 heteroatoms. The van der Waals surface area contributed by atoms with Crippen LogP contribution in [0, 0.1) is 0 Å². The first-order valence-corrected chi connectivity index (χ1v) is 9.23. The predicted octanol–water partition coefficient (Wildman–Crippen LogP) is 3.12. The van der Waals surface area contributed by atoms with Crippen molar-refractivity contribution in [3.8, 4) is 0 Å². The summed E-state index contributed by atoms with van der Waals surface area (Å²) in [6.07, 6.45) is 5.16. The van der Waals surface area contributed by atoms with Crippen LogP contribution in [-0.4, -0.2) is 22.7 Å². The predicted molar refractivity (Wildman–Crippen MR) is 93.0 cm³/mol. The molecule has 1 aliphatic heterocycles. The largest absolute Gasteiger partial charge is 0.359 e. The number of hydrogen-bond acceptors (Lipinski definition) is 4. The molecule has 0 aliphatic carbocycles. The number of carbonyl (C=O) groups excluding carboxylic acids is 1. The second-order valence-electron chi connectivity index (χ2n) is 4.68. The fourth-order valence-electron chi connectivity index (χ4n) is 2.16. The van der Waals surface area contributed by atoms with E-state index in [2.05, 4.69) is 35.6 Å². The molecule has 3 nitrogen and oxygen atoms in total. The Morgan fingerprint density at radius 2 is 2.05 bits per heavy atom. The van der Waals surface area contributed by atoms with Gasteiger partial charge in [-0.05, 0) is 18.2 Å². The first-order chi connectivity index (χ1) is 10.2. The summed E-state index contributed by atoms with van der Waals surface area (Å²) in [4.78, 5) is 12.3. The lowest BCUT2D eigenvalue weighted by atomic mass is 10.0. The van der Waals surface area contributed by atoms with E-state index >= 15 is 0 Å². The highest BCUT2D eigenvalue weighted by Gasteiger charge is 2.25. The maximum absolute atomic E-state index is 12.3. The fourth-order valence-corrected chi connectivity index (χ4v) is 3.67. The van der Waals surface area contributed by atoms with E-state index in [4.69, 9.17) is 0 Å². The van der Waals surface area contributed by atoms with Crippen molar-refractivity contribution < 1.29 is 4.79 Å². The van der Waals surface area contributed by atoms with Crippen LogP contribution in [0.25, 0.3) is 0 Å². The molecule has 2 rings (SSSR count). The molecule has 2 N–H and O–H groups in total. The summed E-state index contributed by atoms with van der Waals surface area (Å²) < 4.78 is 0. The third kappa shape index (κ3) is 4.58. The number of thioether (sulfide) groups is 2. The maximum atomic E-state index is 12.3. The van der Waals surface area contributed by atoms with Gasteiger partial charge in [0, 0.05) is 22.8 Å². The molecule has 0 saturated carbocycles. The third-order valence-electron chi connectivity index (χ3n) is 3.13. The molecule has 1 atom stereocenters. The maximum Gasteiger partial charge on any atom is 0.251 e. The number of benzene rings is 1. The summed E-state index contributed by atoms with van der Waals surface area (Å²) in [5.74, 6) is 0.0122. The van der Waals surface area contributed by atoms with Crippen LogP contribution in [0.15, 0.2) is 54.3 Å². The first kappa shape index (κ1) is 16.0. The van der Waals surface area contributed by atoms with E-state index in [-0.39, 0.29) is 11.4 Å². The Morgan fingerprint density at radius 1 is 1.29 bits per heavy atom. The highest BCUT2D eigenvalue weighted by Crippen LogP contribution is 2.22. The summed E-state index contributed by atoms with van der Waals surface area (Å²) in [5.41, 5.74) is 2.93. The Bertz CT molecular complexity index is 528. The highest BCUT2D eigenvalue weighted by molar-refractivity contribution is 8.15. The molecule has 112 valence electrons. The minimum atomic E-state index is -0.0581. The summed E-state index contributed by atoms with van der Waals surface area (Å²) in [6.45, 7) is 3.75. The van der Waals surface area contributed by atoms with Gasteiger partial charge in [-0.3, -0.25) is 4.79 Å². The highest BCUT2D eigenvalue weighted by atomic mass is 32.2. The Balaban J connectivity index is 2.19. The van der Waals surface area contributed by atoms with Crippen LogP contribution < -0.4 is 10.6 Å². The van der Waals surface area contributed by atoms with Crippen LogP contribution in [0.4, 0.5) is 0 Å². The number of carbonyl (C=O) groups is 1. The van der Waals surface area contributed by atoms with Gasteiger partial charge in [0.25, 0.3) is 5.91 Å². The van der Waals surface area contributed by atoms with Crippen molar-refractivity contribution in [2.45, 2.75) is 18.3 Å². The van der Waals surface area contributed by atoms with Crippen LogP contribution in [-0.2, 0) is 11.2 Å². The van der Waals surface area contributed by atoms with Crippen molar-refractivity contribution >= 4 is 29.4 Å². The molecule has 1 heterocycles. The summed E-state index contributed by atoms with van der Waals surface area (Å²) in [5, 5.41) is 7.39. The van der Waals surface area contributed by atoms with E-state index < -0.39 is 0 Å². The molecule has 1 aromatic carbocycles. The van der Waals surface area contributed by atoms with Gasteiger partial charge in [0.1, 0.15) is 5.50 Å². The van der Waals surface area contributed by atoms with Gasteiger partial charge in [-0.25, -0.2) is 0 Å². The van der Waals surface area contributed by atoms with Crippen molar-refractivity contribution in [2.24, 2.45) is 0 Å². The second kappa shape index (κ2) is 8.20. The van der Waals surface area contributed by atoms with Crippen LogP contribution in [0.2, 0.25) is 0 Å². The monoisotopic (exact) mass is 320 g/mol. The average molecular weight is 320 g/mol. The number of amides is 1. The number of nitrogens with one attached hydrogen (secondary N) is 2.